The van der Waals surface area contributed by atoms with Crippen molar-refractivity contribution in [1.82, 2.24) is 4.57 Å². The molecule has 13 rings (SSSR count). The summed E-state index contributed by atoms with van der Waals surface area (Å²) in [6.07, 6.45) is 0. The Morgan fingerprint density at radius 2 is 1.00 bits per heavy atom. The van der Waals surface area contributed by atoms with E-state index in [-0.39, 0.29) is 12.1 Å². The van der Waals surface area contributed by atoms with Gasteiger partial charge in [-0.2, -0.15) is 0 Å². The first-order valence-electron chi connectivity index (χ1n) is 25.2. The van der Waals surface area contributed by atoms with Crippen LogP contribution in [0.1, 0.15) is 58.4 Å². The second kappa shape index (κ2) is 16.0. The van der Waals surface area contributed by atoms with E-state index >= 15 is 0 Å². The fourth-order valence-electron chi connectivity index (χ4n) is 12.8. The summed E-state index contributed by atoms with van der Waals surface area (Å²) >= 11 is 0. The van der Waals surface area contributed by atoms with Crippen LogP contribution in [0.5, 0.6) is 0 Å². The van der Waals surface area contributed by atoms with E-state index in [9.17, 15) is 0 Å². The number of nitrogens with zero attached hydrogens (tertiary/aromatic N) is 1. The normalized spacial score (nSPS) is 13.0. The van der Waals surface area contributed by atoms with Crippen molar-refractivity contribution >= 4 is 44.9 Å². The van der Waals surface area contributed by atoms with Gasteiger partial charge in [-0.15, -0.1) is 0 Å². The predicted molar refractivity (Wildman–Crippen MR) is 303 cm³/mol. The number of benzene rings is 9. The molecule has 10 aromatic carbocycles. The molecule has 0 spiro atoms. The Hall–Kier alpha value is -8.12. The van der Waals surface area contributed by atoms with E-state index in [2.05, 4.69) is 248 Å². The maximum Gasteiger partial charge on any atom is 0.248 e. The molecule has 0 N–H and O–H groups in total. The van der Waals surface area contributed by atoms with Gasteiger partial charge >= 0.3 is 0 Å². The van der Waals surface area contributed by atoms with E-state index in [1.165, 1.54) is 150 Å². The molecule has 2 heteroatoms. The minimum Gasteiger partial charge on any atom is -0.310 e. The average Bonchev–Trinajstić information content (AvgIpc) is 3.71. The summed E-state index contributed by atoms with van der Waals surface area (Å²) < 4.78 is 2.70. The Morgan fingerprint density at radius 1 is 0.408 bits per heavy atom. The molecule has 11 aromatic rings. The molecule has 0 saturated heterocycles. The lowest BCUT2D eigenvalue weighted by atomic mass is 9.33. The number of fused-ring (bicyclic) bond motifs is 1. The van der Waals surface area contributed by atoms with Crippen LogP contribution in [0, 0.1) is 53.7 Å². The molecule has 0 aliphatic carbocycles. The van der Waals surface area contributed by atoms with E-state index in [4.69, 9.17) is 0 Å². The van der Waals surface area contributed by atoms with E-state index in [1.54, 1.807) is 0 Å². The molecule has 71 heavy (non-hydrogen) atoms. The highest BCUT2D eigenvalue weighted by Gasteiger charge is 2.45. The highest BCUT2D eigenvalue weighted by Crippen LogP contribution is 2.52. The lowest BCUT2D eigenvalue weighted by Gasteiger charge is -2.40. The molecule has 0 saturated carbocycles. The maximum atomic E-state index is 3.38. The highest BCUT2D eigenvalue weighted by molar-refractivity contribution is 6.99. The largest absolute Gasteiger partial charge is 0.310 e. The zero-order chi connectivity index (χ0) is 48.4. The third-order valence-corrected chi connectivity index (χ3v) is 16.0. The van der Waals surface area contributed by atoms with Crippen LogP contribution in [0.25, 0.3) is 94.3 Å². The summed E-state index contributed by atoms with van der Waals surface area (Å²) in [5.41, 5.74) is 32.7. The van der Waals surface area contributed by atoms with Gasteiger partial charge in [0.05, 0.1) is 5.52 Å². The summed E-state index contributed by atoms with van der Waals surface area (Å²) in [5.74, 6) is 0. The Labute approximate surface area is 419 Å². The van der Waals surface area contributed by atoms with Crippen molar-refractivity contribution < 1.29 is 0 Å². The van der Waals surface area contributed by atoms with E-state index in [0.717, 1.165) is 5.56 Å². The number of aryl methyl sites for hydroxylation is 6. The van der Waals surface area contributed by atoms with Crippen molar-refractivity contribution in [1.29, 1.82) is 0 Å². The molecule has 0 bridgehead atoms. The predicted octanol–water partition coefficient (Wildman–Crippen LogP) is 15.7. The second-order valence-corrected chi connectivity index (χ2v) is 21.1. The van der Waals surface area contributed by atoms with Gasteiger partial charge in [-0.25, -0.2) is 0 Å². The van der Waals surface area contributed by atoms with Crippen molar-refractivity contribution in [3.05, 3.63) is 239 Å². The highest BCUT2D eigenvalue weighted by atomic mass is 15.0. The van der Waals surface area contributed by atoms with Crippen LogP contribution in [0.4, 0.5) is 0 Å². The van der Waals surface area contributed by atoms with Crippen LogP contribution >= 0.6 is 0 Å². The third-order valence-electron chi connectivity index (χ3n) is 16.0. The van der Waals surface area contributed by atoms with Crippen molar-refractivity contribution in [2.75, 3.05) is 0 Å². The molecule has 0 unspecified atom stereocenters. The second-order valence-electron chi connectivity index (χ2n) is 21.1. The van der Waals surface area contributed by atoms with Crippen molar-refractivity contribution in [2.24, 2.45) is 0 Å². The van der Waals surface area contributed by atoms with Gasteiger partial charge in [0.25, 0.3) is 0 Å². The molecular weight excluding hydrogens is 854 g/mol. The van der Waals surface area contributed by atoms with Gasteiger partial charge in [0.1, 0.15) is 0 Å². The maximum absolute atomic E-state index is 3.38. The summed E-state index contributed by atoms with van der Waals surface area (Å²) in [4.78, 5) is 0. The number of rotatable bonds is 7. The van der Waals surface area contributed by atoms with Crippen LogP contribution in [-0.4, -0.2) is 11.3 Å². The lowest BCUT2D eigenvalue weighted by molar-refractivity contribution is 0.631. The lowest BCUT2D eigenvalue weighted by Crippen LogP contribution is -2.58. The van der Waals surface area contributed by atoms with Crippen LogP contribution < -0.4 is 16.4 Å². The van der Waals surface area contributed by atoms with Gasteiger partial charge < -0.3 is 4.57 Å². The first kappa shape index (κ1) is 42.9. The number of hydrogen-bond acceptors (Lipinski definition) is 0. The summed E-state index contributed by atoms with van der Waals surface area (Å²) in [6.45, 7) is 18.2. The molecule has 1 aromatic heterocycles. The van der Waals surface area contributed by atoms with Crippen LogP contribution in [-0.2, 0) is 5.41 Å². The first-order valence-corrected chi connectivity index (χ1v) is 25.2. The Balaban J connectivity index is 1.26. The monoisotopic (exact) mass is 907 g/mol. The Kier molecular flexibility index (Phi) is 9.65. The molecular formula is C69H54BN. The molecule has 0 amide bonds. The minimum atomic E-state index is -0.360. The zero-order valence-corrected chi connectivity index (χ0v) is 41.8. The first-order chi connectivity index (χ1) is 34.4. The smallest absolute Gasteiger partial charge is 0.248 e. The molecule has 2 aliphatic heterocycles. The van der Waals surface area contributed by atoms with Gasteiger partial charge in [0, 0.05) is 27.4 Å². The van der Waals surface area contributed by atoms with Gasteiger partial charge in [0.2, 0.25) is 6.71 Å². The van der Waals surface area contributed by atoms with Gasteiger partial charge in [0.15, 0.2) is 0 Å². The van der Waals surface area contributed by atoms with E-state index in [0.29, 0.717) is 0 Å². The zero-order valence-electron chi connectivity index (χ0n) is 41.8. The SMILES string of the molecule is Cc1ccc(-c2cc3c4c(c2)C(C)(C)c2cc(-c5c(C)cc(C)cc5C)cc5c6cc(-c7ccc(C)cc7C)cc(c6n-4c25)B3c2c(-c3cc#ccc3)cc(-c3ccccc3)cc2-c2ccccc2)cc1. The molecule has 0 radical (unpaired) electrons. The van der Waals surface area contributed by atoms with Gasteiger partial charge in [-0.1, -0.05) is 176 Å². The number of hydrogen-bond donors (Lipinski definition) is 0. The third kappa shape index (κ3) is 6.64. The standard InChI is InChI=1S/C69H54BN/c1-41-24-27-48(28-25-41)52-37-61-68-63(39-52)70(65-56(49-20-14-10-15-21-49)33-51(47-18-12-9-13-19-47)34-57(65)50-22-16-11-17-23-50)62-40-53(55-29-26-42(2)30-44(55)4)35-59-58-36-54(64-45(5)31-43(3)32-46(64)6)38-60(69(61,7)8)66(58)71(68)67(59)62/h9-10,12-16,18-40H,1-8H3. The molecule has 0 fully saturated rings. The van der Waals surface area contributed by atoms with Gasteiger partial charge in [-0.3, -0.25) is 0 Å². The topological polar surface area (TPSA) is 4.93 Å². The van der Waals surface area contributed by atoms with Crippen LogP contribution in [0.3, 0.4) is 0 Å². The van der Waals surface area contributed by atoms with Crippen LogP contribution in [0.15, 0.2) is 182 Å². The molecule has 3 heterocycles. The quantitative estimate of drug-likeness (QED) is 0.140. The summed E-state index contributed by atoms with van der Waals surface area (Å²) in [7, 11) is 0. The van der Waals surface area contributed by atoms with Crippen molar-refractivity contribution in [3.63, 3.8) is 0 Å². The minimum absolute atomic E-state index is 0.170. The van der Waals surface area contributed by atoms with E-state index in [1.807, 2.05) is 6.07 Å². The van der Waals surface area contributed by atoms with Gasteiger partial charge in [-0.05, 0) is 202 Å². The molecule has 1 nitrogen and oxygen atoms in total. The molecule has 2 aliphatic rings. The van der Waals surface area contributed by atoms with Crippen LogP contribution in [0.2, 0.25) is 0 Å². The Bertz CT molecular complexity index is 3900. The molecule has 0 atom stereocenters. The molecule has 338 valence electrons. The van der Waals surface area contributed by atoms with Crippen molar-refractivity contribution in [2.45, 2.75) is 60.8 Å². The summed E-state index contributed by atoms with van der Waals surface area (Å²) in [6, 6.07) is 76.0. The van der Waals surface area contributed by atoms with Crippen molar-refractivity contribution in [3.8, 4) is 72.4 Å². The Morgan fingerprint density at radius 3 is 1.69 bits per heavy atom. The number of aromatic nitrogens is 1. The fourth-order valence-corrected chi connectivity index (χ4v) is 12.8. The van der Waals surface area contributed by atoms with E-state index < -0.39 is 0 Å². The average molecular weight is 908 g/mol. The summed E-state index contributed by atoms with van der Waals surface area (Å²) in [5, 5.41) is 2.61. The fraction of sp³-hybridized carbons (Fsp3) is 0.130.